The molecule has 9 heteroatoms. The lowest BCUT2D eigenvalue weighted by Gasteiger charge is -2.18. The molecule has 3 rings (SSSR count). The van der Waals surface area contributed by atoms with Gasteiger partial charge in [0.2, 0.25) is 11.0 Å². The molecule has 0 radical (unpaired) electrons. The average Bonchev–Trinajstić information content (AvgIpc) is 3.12. The fourth-order valence-corrected chi connectivity index (χ4v) is 4.27. The van der Waals surface area contributed by atoms with Crippen LogP contribution in [-0.4, -0.2) is 29.1 Å². The van der Waals surface area contributed by atoms with Crippen molar-refractivity contribution < 1.29 is 14.3 Å². The highest BCUT2D eigenvalue weighted by Gasteiger charge is 2.22. The molecule has 2 N–H and O–H groups in total. The van der Waals surface area contributed by atoms with Crippen molar-refractivity contribution in [3.05, 3.63) is 27.7 Å². The number of ether oxygens (including phenoxy) is 1. The van der Waals surface area contributed by atoms with Crippen LogP contribution >= 0.6 is 22.9 Å². The van der Waals surface area contributed by atoms with Gasteiger partial charge in [0.05, 0.1) is 23.4 Å². The predicted octanol–water partition coefficient (Wildman–Crippen LogP) is 4.46. The first-order valence-electron chi connectivity index (χ1n) is 8.77. The highest BCUT2D eigenvalue weighted by atomic mass is 35.5. The summed E-state index contributed by atoms with van der Waals surface area (Å²) in [5.74, 6) is 0.0789. The number of hydrogen-bond donors (Lipinski definition) is 2. The normalized spacial score (nSPS) is 14.6. The Bertz CT molecular complexity index is 849. The van der Waals surface area contributed by atoms with Gasteiger partial charge in [-0.2, -0.15) is 0 Å². The van der Waals surface area contributed by atoms with Gasteiger partial charge in [-0.3, -0.25) is 14.9 Å². The number of amides is 2. The molecule has 7 nitrogen and oxygen atoms in total. The molecule has 1 fully saturated rings. The molecule has 0 saturated heterocycles. The highest BCUT2D eigenvalue weighted by Crippen LogP contribution is 2.36. The molecule has 1 aliphatic rings. The van der Waals surface area contributed by atoms with E-state index in [2.05, 4.69) is 20.8 Å². The Hall–Kier alpha value is -2.19. The summed E-state index contributed by atoms with van der Waals surface area (Å²) in [5.41, 5.74) is 0.638. The Balaban J connectivity index is 1.76. The van der Waals surface area contributed by atoms with Crippen LogP contribution in [0.2, 0.25) is 5.02 Å². The van der Waals surface area contributed by atoms with E-state index in [1.165, 1.54) is 56.8 Å². The van der Waals surface area contributed by atoms with Crippen molar-refractivity contribution in [2.24, 2.45) is 0 Å². The number of halogens is 1. The molecule has 0 aliphatic heterocycles. The van der Waals surface area contributed by atoms with E-state index in [1.54, 1.807) is 0 Å². The lowest BCUT2D eigenvalue weighted by molar-refractivity contribution is -0.114. The summed E-state index contributed by atoms with van der Waals surface area (Å²) in [6.45, 7) is 1.38. The van der Waals surface area contributed by atoms with Crippen molar-refractivity contribution in [3.8, 4) is 5.75 Å². The number of hydrogen-bond acceptors (Lipinski definition) is 6. The van der Waals surface area contributed by atoms with Crippen LogP contribution in [0.5, 0.6) is 5.75 Å². The molecule has 0 bridgehead atoms. The molecule has 0 spiro atoms. The summed E-state index contributed by atoms with van der Waals surface area (Å²) in [6, 6.07) is 2.98. The first-order valence-corrected chi connectivity index (χ1v) is 9.97. The molecule has 1 aromatic carbocycles. The fourth-order valence-electron chi connectivity index (χ4n) is 3.15. The zero-order chi connectivity index (χ0) is 19.4. The molecule has 144 valence electrons. The second-order valence-corrected chi connectivity index (χ2v) is 7.86. The van der Waals surface area contributed by atoms with Crippen molar-refractivity contribution in [3.63, 3.8) is 0 Å². The highest BCUT2D eigenvalue weighted by molar-refractivity contribution is 7.15. The molecule has 1 saturated carbocycles. The molecule has 1 aliphatic carbocycles. The van der Waals surface area contributed by atoms with E-state index in [1.807, 2.05) is 0 Å². The zero-order valence-corrected chi connectivity index (χ0v) is 16.7. The van der Waals surface area contributed by atoms with Crippen molar-refractivity contribution in [1.82, 2.24) is 10.2 Å². The van der Waals surface area contributed by atoms with Crippen molar-refractivity contribution in [2.75, 3.05) is 17.7 Å². The van der Waals surface area contributed by atoms with Crippen LogP contribution in [0.4, 0.5) is 10.8 Å². The van der Waals surface area contributed by atoms with Gasteiger partial charge in [0.1, 0.15) is 10.8 Å². The Kier molecular flexibility index (Phi) is 6.28. The van der Waals surface area contributed by atoms with E-state index >= 15 is 0 Å². The first kappa shape index (κ1) is 19.6. The van der Waals surface area contributed by atoms with Crippen molar-refractivity contribution >= 4 is 45.6 Å². The minimum Gasteiger partial charge on any atom is -0.496 e. The average molecular weight is 409 g/mol. The summed E-state index contributed by atoms with van der Waals surface area (Å²) >= 11 is 7.59. The van der Waals surface area contributed by atoms with Gasteiger partial charge in [0, 0.05) is 18.9 Å². The van der Waals surface area contributed by atoms with Gasteiger partial charge >= 0.3 is 0 Å². The number of anilines is 2. The van der Waals surface area contributed by atoms with Crippen LogP contribution < -0.4 is 15.4 Å². The maximum atomic E-state index is 12.7. The van der Waals surface area contributed by atoms with E-state index in [0.29, 0.717) is 22.5 Å². The smallest absolute Gasteiger partial charge is 0.261 e. The number of carbonyl (C=O) groups is 2. The van der Waals surface area contributed by atoms with Crippen LogP contribution in [0.25, 0.3) is 0 Å². The Morgan fingerprint density at radius 3 is 2.59 bits per heavy atom. The molecule has 0 atom stereocenters. The third-order valence-corrected chi connectivity index (χ3v) is 5.77. The second-order valence-electron chi connectivity index (χ2n) is 6.45. The summed E-state index contributed by atoms with van der Waals surface area (Å²) < 4.78 is 5.28. The minimum atomic E-state index is -0.394. The molecule has 0 unspecified atom stereocenters. The van der Waals surface area contributed by atoms with Gasteiger partial charge in [0.15, 0.2) is 0 Å². The Morgan fingerprint density at radius 1 is 1.19 bits per heavy atom. The van der Waals surface area contributed by atoms with Crippen LogP contribution in [-0.2, 0) is 4.79 Å². The van der Waals surface area contributed by atoms with Crippen molar-refractivity contribution in [1.29, 1.82) is 0 Å². The molecule has 1 aromatic heterocycles. The van der Waals surface area contributed by atoms with Gasteiger partial charge in [-0.25, -0.2) is 0 Å². The quantitative estimate of drug-likeness (QED) is 0.761. The maximum Gasteiger partial charge on any atom is 0.261 e. The van der Waals surface area contributed by atoms with E-state index < -0.39 is 5.91 Å². The summed E-state index contributed by atoms with van der Waals surface area (Å²) in [7, 11) is 1.45. The van der Waals surface area contributed by atoms with E-state index in [0.717, 1.165) is 17.8 Å². The summed E-state index contributed by atoms with van der Waals surface area (Å²) in [6.07, 6.45) is 5.94. The molecule has 1 heterocycles. The van der Waals surface area contributed by atoms with Crippen LogP contribution in [0, 0.1) is 0 Å². The molecule has 27 heavy (non-hydrogen) atoms. The monoisotopic (exact) mass is 408 g/mol. The SMILES string of the molecule is COc1cc(NC(C)=O)c(Cl)cc1C(=O)Nc1nnc(C2CCCCC2)s1. The summed E-state index contributed by atoms with van der Waals surface area (Å²) in [4.78, 5) is 23.9. The van der Waals surface area contributed by atoms with E-state index in [9.17, 15) is 9.59 Å². The van der Waals surface area contributed by atoms with Crippen LogP contribution in [0.1, 0.15) is 60.3 Å². The standard InChI is InChI=1S/C18H21ClN4O3S/c1-10(24)20-14-9-15(26-2)12(8-13(14)19)16(25)21-18-23-22-17(27-18)11-6-4-3-5-7-11/h8-9,11H,3-7H2,1-2H3,(H,20,24)(H,21,23,25). The van der Waals surface area contributed by atoms with Gasteiger partial charge < -0.3 is 10.1 Å². The molecule has 2 aromatic rings. The number of methoxy groups -OCH3 is 1. The number of aromatic nitrogens is 2. The third kappa shape index (κ3) is 4.75. The van der Waals surface area contributed by atoms with Gasteiger partial charge in [-0.1, -0.05) is 42.2 Å². The molecular weight excluding hydrogens is 388 g/mol. The maximum absolute atomic E-state index is 12.7. The Labute approximate surface area is 166 Å². The number of rotatable bonds is 5. The topological polar surface area (TPSA) is 93.2 Å². The van der Waals surface area contributed by atoms with Crippen LogP contribution in [0.15, 0.2) is 12.1 Å². The zero-order valence-electron chi connectivity index (χ0n) is 15.2. The fraction of sp³-hybridized carbons (Fsp3) is 0.444. The van der Waals surface area contributed by atoms with Gasteiger partial charge in [-0.05, 0) is 18.9 Å². The number of benzene rings is 1. The number of nitrogens with zero attached hydrogens (tertiary/aromatic N) is 2. The van der Waals surface area contributed by atoms with E-state index in [4.69, 9.17) is 16.3 Å². The third-order valence-electron chi connectivity index (χ3n) is 4.46. The number of nitrogens with one attached hydrogen (secondary N) is 2. The molecular formula is C18H21ClN4O3S. The first-order chi connectivity index (χ1) is 13.0. The lowest BCUT2D eigenvalue weighted by atomic mass is 9.90. The minimum absolute atomic E-state index is 0.247. The second kappa shape index (κ2) is 8.67. The van der Waals surface area contributed by atoms with Gasteiger partial charge in [-0.15, -0.1) is 10.2 Å². The number of carbonyl (C=O) groups excluding carboxylic acids is 2. The summed E-state index contributed by atoms with van der Waals surface area (Å²) in [5, 5.41) is 15.4. The predicted molar refractivity (Wildman–Crippen MR) is 106 cm³/mol. The van der Waals surface area contributed by atoms with Crippen molar-refractivity contribution in [2.45, 2.75) is 44.9 Å². The largest absolute Gasteiger partial charge is 0.496 e. The lowest BCUT2D eigenvalue weighted by Crippen LogP contribution is -2.14. The Morgan fingerprint density at radius 2 is 1.93 bits per heavy atom. The molecule has 2 amide bonds. The van der Waals surface area contributed by atoms with Gasteiger partial charge in [0.25, 0.3) is 5.91 Å². The van der Waals surface area contributed by atoms with Crippen LogP contribution in [0.3, 0.4) is 0 Å². The van der Waals surface area contributed by atoms with E-state index in [-0.39, 0.29) is 16.5 Å².